The zero-order valence-corrected chi connectivity index (χ0v) is 19.2. The first-order valence-electron chi connectivity index (χ1n) is 10.6. The Labute approximate surface area is 203 Å². The summed E-state index contributed by atoms with van der Waals surface area (Å²) >= 11 is 5.82. The molecule has 0 saturated carbocycles. The van der Waals surface area contributed by atoms with E-state index >= 15 is 0 Å². The van der Waals surface area contributed by atoms with Crippen molar-refractivity contribution in [2.45, 2.75) is 19.5 Å². The Balaban J connectivity index is 1.61. The van der Waals surface area contributed by atoms with Crippen molar-refractivity contribution in [1.82, 2.24) is 0 Å². The van der Waals surface area contributed by atoms with Crippen molar-refractivity contribution in [2.24, 2.45) is 0 Å². The monoisotopic (exact) mass is 501 g/mol. The summed E-state index contributed by atoms with van der Waals surface area (Å²) in [6.07, 6.45) is -4.06. The summed E-state index contributed by atoms with van der Waals surface area (Å²) in [5.74, 6) is -1.81. The topological polar surface area (TPSA) is 68.5 Å². The lowest BCUT2D eigenvalue weighted by molar-refractivity contribution is -0.152. The fourth-order valence-corrected chi connectivity index (χ4v) is 3.64. The summed E-state index contributed by atoms with van der Waals surface area (Å²) in [7, 11) is 0. The van der Waals surface area contributed by atoms with E-state index in [0.29, 0.717) is 10.7 Å². The normalized spacial score (nSPS) is 11.5. The van der Waals surface area contributed by atoms with Gasteiger partial charge in [0.05, 0.1) is 10.9 Å². The number of alkyl halides is 3. The highest BCUT2D eigenvalue weighted by atomic mass is 35.5. The van der Waals surface area contributed by atoms with Gasteiger partial charge in [-0.2, -0.15) is 13.2 Å². The van der Waals surface area contributed by atoms with Crippen LogP contribution in [0.15, 0.2) is 75.9 Å². The third-order valence-electron chi connectivity index (χ3n) is 5.27. The fourth-order valence-electron chi connectivity index (χ4n) is 3.51. The van der Waals surface area contributed by atoms with Gasteiger partial charge in [-0.1, -0.05) is 42.8 Å². The third-order valence-corrected chi connectivity index (χ3v) is 5.52. The Bertz CT molecular complexity index is 1430. The second-order valence-electron chi connectivity index (χ2n) is 7.69. The number of aryl methyl sites for hydroxylation is 1. The molecule has 4 rings (SSSR count). The van der Waals surface area contributed by atoms with E-state index in [4.69, 9.17) is 20.8 Å². The number of hydrogen-bond acceptors (Lipinski definition) is 4. The Kier molecular flexibility index (Phi) is 6.84. The molecule has 0 aliphatic carbocycles. The molecule has 0 atom stereocenters. The van der Waals surface area contributed by atoms with Gasteiger partial charge in [-0.3, -0.25) is 9.59 Å². The van der Waals surface area contributed by atoms with Gasteiger partial charge in [0.1, 0.15) is 11.3 Å². The number of ether oxygens (including phenoxy) is 1. The molecule has 1 N–H and O–H groups in total. The van der Waals surface area contributed by atoms with E-state index in [2.05, 4.69) is 5.32 Å². The number of carbonyl (C=O) groups is 1. The third kappa shape index (κ3) is 5.49. The number of fused-ring (bicyclic) bond motifs is 1. The van der Waals surface area contributed by atoms with Crippen LogP contribution in [-0.4, -0.2) is 12.5 Å². The van der Waals surface area contributed by atoms with Crippen molar-refractivity contribution >= 4 is 34.2 Å². The summed E-state index contributed by atoms with van der Waals surface area (Å²) in [5, 5.41) is 2.93. The van der Waals surface area contributed by atoms with Gasteiger partial charge >= 0.3 is 6.18 Å². The van der Waals surface area contributed by atoms with Crippen LogP contribution in [0.3, 0.4) is 0 Å². The van der Waals surface area contributed by atoms with Crippen molar-refractivity contribution in [3.8, 4) is 16.9 Å². The van der Waals surface area contributed by atoms with Crippen LogP contribution in [0.4, 0.5) is 18.9 Å². The smallest absolute Gasteiger partial charge is 0.450 e. The number of hydrogen-bond donors (Lipinski definition) is 1. The van der Waals surface area contributed by atoms with Crippen LogP contribution in [0.25, 0.3) is 22.1 Å². The van der Waals surface area contributed by atoms with Crippen LogP contribution >= 0.6 is 11.6 Å². The summed E-state index contributed by atoms with van der Waals surface area (Å²) in [5.41, 5.74) is -0.0295. The lowest BCUT2D eigenvalue weighted by atomic mass is 10.0. The molecule has 1 aromatic heterocycles. The molecule has 9 heteroatoms. The van der Waals surface area contributed by atoms with Gasteiger partial charge in [0.15, 0.2) is 6.61 Å². The quantitative estimate of drug-likeness (QED) is 0.319. The maximum Gasteiger partial charge on any atom is 0.450 e. The van der Waals surface area contributed by atoms with Crippen molar-refractivity contribution in [3.05, 3.63) is 93.3 Å². The van der Waals surface area contributed by atoms with E-state index in [0.717, 1.165) is 18.1 Å². The molecule has 0 fully saturated rings. The SMILES string of the molecule is CCc1ccc(NC(=O)COc2ccc3c(=O)c(-c4ccc(Cl)cc4)c(C(F)(F)F)oc3c2)cc1. The zero-order valence-electron chi connectivity index (χ0n) is 18.4. The Hall–Kier alpha value is -3.78. The van der Waals surface area contributed by atoms with E-state index < -0.39 is 28.8 Å². The minimum Gasteiger partial charge on any atom is -0.484 e. The molecule has 180 valence electrons. The zero-order chi connectivity index (χ0) is 25.2. The van der Waals surface area contributed by atoms with Gasteiger partial charge in [-0.15, -0.1) is 0 Å². The number of halogens is 4. The number of benzene rings is 3. The molecule has 0 radical (unpaired) electrons. The summed E-state index contributed by atoms with van der Waals surface area (Å²) in [4.78, 5) is 25.2. The highest BCUT2D eigenvalue weighted by Crippen LogP contribution is 2.38. The van der Waals surface area contributed by atoms with E-state index in [1.807, 2.05) is 19.1 Å². The number of carbonyl (C=O) groups excluding carboxylic acids is 1. The molecular formula is C26H19ClF3NO4. The predicted molar refractivity (Wildman–Crippen MR) is 128 cm³/mol. The Morgan fingerprint density at radius 3 is 2.34 bits per heavy atom. The van der Waals surface area contributed by atoms with Crippen LogP contribution in [0.2, 0.25) is 5.02 Å². The first kappa shape index (κ1) is 24.3. The molecule has 3 aromatic carbocycles. The van der Waals surface area contributed by atoms with Gasteiger partial charge in [0.25, 0.3) is 5.91 Å². The van der Waals surface area contributed by atoms with Crippen LogP contribution in [-0.2, 0) is 17.4 Å². The maximum atomic E-state index is 13.8. The molecule has 1 amide bonds. The van der Waals surface area contributed by atoms with Crippen LogP contribution in [0.5, 0.6) is 5.75 Å². The van der Waals surface area contributed by atoms with E-state index in [1.54, 1.807) is 12.1 Å². The van der Waals surface area contributed by atoms with E-state index in [-0.39, 0.29) is 28.9 Å². The second kappa shape index (κ2) is 9.84. The number of amides is 1. The average molecular weight is 502 g/mol. The molecule has 0 aliphatic heterocycles. The molecule has 0 spiro atoms. The average Bonchev–Trinajstić information content (AvgIpc) is 2.83. The molecule has 1 heterocycles. The lowest BCUT2D eigenvalue weighted by Gasteiger charge is -2.13. The molecule has 0 aliphatic rings. The highest BCUT2D eigenvalue weighted by molar-refractivity contribution is 6.30. The minimum absolute atomic E-state index is 0.0290. The first-order chi connectivity index (χ1) is 16.7. The standard InChI is InChI=1S/C26H19ClF3NO4/c1-2-15-3-9-18(10-4-15)31-22(32)14-34-19-11-12-20-21(13-19)35-25(26(28,29)30)23(24(20)33)16-5-7-17(27)8-6-16/h3-13H,2,14H2,1H3,(H,31,32). The predicted octanol–water partition coefficient (Wildman–Crippen LogP) is 6.71. The summed E-state index contributed by atoms with van der Waals surface area (Å²) in [6.45, 7) is 1.63. The number of rotatable bonds is 6. The van der Waals surface area contributed by atoms with Gasteiger partial charge in [0.2, 0.25) is 11.2 Å². The van der Waals surface area contributed by atoms with Crippen molar-refractivity contribution in [1.29, 1.82) is 0 Å². The van der Waals surface area contributed by atoms with Crippen molar-refractivity contribution in [2.75, 3.05) is 11.9 Å². The van der Waals surface area contributed by atoms with Crippen LogP contribution in [0.1, 0.15) is 18.2 Å². The first-order valence-corrected chi connectivity index (χ1v) is 11.0. The molecule has 5 nitrogen and oxygen atoms in total. The molecule has 0 unspecified atom stereocenters. The lowest BCUT2D eigenvalue weighted by Crippen LogP contribution is -2.20. The largest absolute Gasteiger partial charge is 0.484 e. The van der Waals surface area contributed by atoms with Gasteiger partial charge < -0.3 is 14.5 Å². The second-order valence-corrected chi connectivity index (χ2v) is 8.12. The van der Waals surface area contributed by atoms with E-state index in [9.17, 15) is 22.8 Å². The van der Waals surface area contributed by atoms with Gasteiger partial charge in [-0.05, 0) is 53.9 Å². The van der Waals surface area contributed by atoms with Gasteiger partial charge in [0, 0.05) is 16.8 Å². The van der Waals surface area contributed by atoms with E-state index in [1.165, 1.54) is 36.4 Å². The Morgan fingerprint density at radius 2 is 1.71 bits per heavy atom. The summed E-state index contributed by atoms with van der Waals surface area (Å²) < 4.78 is 51.9. The minimum atomic E-state index is -4.92. The molecule has 35 heavy (non-hydrogen) atoms. The van der Waals surface area contributed by atoms with Crippen molar-refractivity contribution in [3.63, 3.8) is 0 Å². The highest BCUT2D eigenvalue weighted by Gasteiger charge is 2.39. The van der Waals surface area contributed by atoms with Crippen LogP contribution < -0.4 is 15.5 Å². The molecule has 0 bridgehead atoms. The van der Waals surface area contributed by atoms with Gasteiger partial charge in [-0.25, -0.2) is 0 Å². The molecule has 0 saturated heterocycles. The van der Waals surface area contributed by atoms with Crippen LogP contribution in [0, 0.1) is 0 Å². The summed E-state index contributed by atoms with van der Waals surface area (Å²) in [6, 6.07) is 16.6. The van der Waals surface area contributed by atoms with Crippen molar-refractivity contribution < 1.29 is 27.1 Å². The fraction of sp³-hybridized carbons (Fsp3) is 0.154. The molecular weight excluding hydrogens is 483 g/mol. The molecule has 4 aromatic rings. The number of nitrogens with one attached hydrogen (secondary N) is 1. The number of anilines is 1. The maximum absolute atomic E-state index is 13.8. The Morgan fingerprint density at radius 1 is 1.03 bits per heavy atom.